The van der Waals surface area contributed by atoms with Gasteiger partial charge in [-0.15, -0.1) is 0 Å². The number of hydrogen-bond acceptors (Lipinski definition) is 4. The maximum Gasteiger partial charge on any atom is 0.348 e. The largest absolute Gasteiger partial charge is 0.453 e. The van der Waals surface area contributed by atoms with Crippen LogP contribution in [0.5, 0.6) is 0 Å². The van der Waals surface area contributed by atoms with E-state index in [0.717, 1.165) is 5.56 Å². The van der Waals surface area contributed by atoms with Gasteiger partial charge in [-0.3, -0.25) is 4.79 Å². The van der Waals surface area contributed by atoms with Crippen molar-refractivity contribution in [2.24, 2.45) is 0 Å². The van der Waals surface area contributed by atoms with Crippen LogP contribution in [0.4, 0.5) is 0 Å². The lowest BCUT2D eigenvalue weighted by Crippen LogP contribution is -2.40. The highest BCUT2D eigenvalue weighted by Crippen LogP contribution is 2.30. The molecule has 0 spiro atoms. The molecule has 0 aliphatic heterocycles. The SMILES string of the molecule is O=C(COC(=O)C(O)(c1ccccc1)c1ccccc1)NCc1ccc(Cl)cc1. The lowest BCUT2D eigenvalue weighted by atomic mass is 9.86. The highest BCUT2D eigenvalue weighted by molar-refractivity contribution is 6.30. The molecular formula is C23H20ClNO4. The van der Waals surface area contributed by atoms with Gasteiger partial charge in [0.2, 0.25) is 5.60 Å². The van der Waals surface area contributed by atoms with Gasteiger partial charge in [0.05, 0.1) is 0 Å². The Bertz CT molecular complexity index is 920. The van der Waals surface area contributed by atoms with Crippen LogP contribution in [0.15, 0.2) is 84.9 Å². The summed E-state index contributed by atoms with van der Waals surface area (Å²) in [5.74, 6) is -1.40. The summed E-state index contributed by atoms with van der Waals surface area (Å²) in [4.78, 5) is 24.9. The highest BCUT2D eigenvalue weighted by Gasteiger charge is 2.41. The van der Waals surface area contributed by atoms with Crippen LogP contribution < -0.4 is 5.32 Å². The first-order chi connectivity index (χ1) is 14.0. The van der Waals surface area contributed by atoms with Gasteiger partial charge in [-0.1, -0.05) is 84.4 Å². The lowest BCUT2D eigenvalue weighted by Gasteiger charge is -2.26. The molecule has 0 saturated carbocycles. The van der Waals surface area contributed by atoms with Crippen molar-refractivity contribution >= 4 is 23.5 Å². The Kier molecular flexibility index (Phi) is 6.65. The van der Waals surface area contributed by atoms with Gasteiger partial charge < -0.3 is 15.2 Å². The lowest BCUT2D eigenvalue weighted by molar-refractivity contribution is -0.164. The zero-order valence-corrected chi connectivity index (χ0v) is 16.3. The second-order valence-corrected chi connectivity index (χ2v) is 6.86. The third-order valence-corrected chi connectivity index (χ3v) is 4.67. The third-order valence-electron chi connectivity index (χ3n) is 4.42. The maximum atomic E-state index is 12.8. The van der Waals surface area contributed by atoms with E-state index in [-0.39, 0.29) is 6.54 Å². The van der Waals surface area contributed by atoms with E-state index in [1.165, 1.54) is 0 Å². The molecule has 148 valence electrons. The van der Waals surface area contributed by atoms with Crippen LogP contribution in [0.25, 0.3) is 0 Å². The van der Waals surface area contributed by atoms with Crippen LogP contribution in [0.3, 0.4) is 0 Å². The van der Waals surface area contributed by atoms with E-state index >= 15 is 0 Å². The fraction of sp³-hybridized carbons (Fsp3) is 0.130. The zero-order chi connectivity index (χ0) is 20.7. The topological polar surface area (TPSA) is 75.6 Å². The van der Waals surface area contributed by atoms with E-state index in [9.17, 15) is 14.7 Å². The minimum atomic E-state index is -2.01. The van der Waals surface area contributed by atoms with Crippen molar-refractivity contribution in [3.05, 3.63) is 107 Å². The molecule has 0 bridgehead atoms. The number of hydrogen-bond donors (Lipinski definition) is 2. The molecule has 0 atom stereocenters. The molecule has 0 fully saturated rings. The van der Waals surface area contributed by atoms with E-state index in [2.05, 4.69) is 5.32 Å². The summed E-state index contributed by atoms with van der Waals surface area (Å²) in [5, 5.41) is 14.5. The zero-order valence-electron chi connectivity index (χ0n) is 15.5. The average molecular weight is 410 g/mol. The summed E-state index contributed by atoms with van der Waals surface area (Å²) in [5.41, 5.74) is -0.436. The van der Waals surface area contributed by atoms with Crippen molar-refractivity contribution in [3.8, 4) is 0 Å². The van der Waals surface area contributed by atoms with Crippen LogP contribution in [-0.4, -0.2) is 23.6 Å². The predicted molar refractivity (Wildman–Crippen MR) is 110 cm³/mol. The Morgan fingerprint density at radius 2 is 1.38 bits per heavy atom. The van der Waals surface area contributed by atoms with Crippen LogP contribution in [-0.2, 0) is 26.5 Å². The number of carbonyl (C=O) groups excluding carboxylic acids is 2. The summed E-state index contributed by atoms with van der Waals surface area (Å²) < 4.78 is 5.16. The van der Waals surface area contributed by atoms with Crippen LogP contribution >= 0.6 is 11.6 Å². The molecule has 0 aliphatic rings. The second-order valence-electron chi connectivity index (χ2n) is 6.42. The Balaban J connectivity index is 1.67. The van der Waals surface area contributed by atoms with Crippen molar-refractivity contribution in [2.75, 3.05) is 6.61 Å². The predicted octanol–water partition coefficient (Wildman–Crippen LogP) is 3.44. The van der Waals surface area contributed by atoms with E-state index in [1.54, 1.807) is 84.9 Å². The van der Waals surface area contributed by atoms with Crippen molar-refractivity contribution in [2.45, 2.75) is 12.1 Å². The number of amides is 1. The summed E-state index contributed by atoms with van der Waals surface area (Å²) in [7, 11) is 0. The molecule has 6 heteroatoms. The van der Waals surface area contributed by atoms with Crippen molar-refractivity contribution in [3.63, 3.8) is 0 Å². The molecule has 3 aromatic rings. The Morgan fingerprint density at radius 1 is 0.862 bits per heavy atom. The van der Waals surface area contributed by atoms with Gasteiger partial charge in [-0.05, 0) is 28.8 Å². The fourth-order valence-corrected chi connectivity index (χ4v) is 2.98. The number of nitrogens with one attached hydrogen (secondary N) is 1. The molecule has 0 aliphatic carbocycles. The standard InChI is InChI=1S/C23H20ClNO4/c24-20-13-11-17(12-14-20)15-25-21(26)16-29-22(27)23(28,18-7-3-1-4-8-18)19-9-5-2-6-10-19/h1-14,28H,15-16H2,(H,25,26). The average Bonchev–Trinajstić information content (AvgIpc) is 2.77. The molecule has 0 unspecified atom stereocenters. The van der Waals surface area contributed by atoms with E-state index < -0.39 is 24.1 Å². The molecule has 3 rings (SSSR count). The number of ether oxygens (including phenoxy) is 1. The van der Waals surface area contributed by atoms with Gasteiger partial charge in [0.15, 0.2) is 6.61 Å². The van der Waals surface area contributed by atoms with Gasteiger partial charge in [-0.25, -0.2) is 4.79 Å². The summed E-state index contributed by atoms with van der Waals surface area (Å²) in [6.45, 7) is -0.233. The minimum Gasteiger partial charge on any atom is -0.453 e. The molecule has 0 aromatic heterocycles. The van der Waals surface area contributed by atoms with Crippen LogP contribution in [0.2, 0.25) is 5.02 Å². The van der Waals surface area contributed by atoms with E-state index in [4.69, 9.17) is 16.3 Å². The van der Waals surface area contributed by atoms with Gasteiger partial charge in [0.25, 0.3) is 5.91 Å². The van der Waals surface area contributed by atoms with Crippen molar-refractivity contribution in [1.29, 1.82) is 0 Å². The minimum absolute atomic E-state index is 0.273. The van der Waals surface area contributed by atoms with E-state index in [1.807, 2.05) is 0 Å². The monoisotopic (exact) mass is 409 g/mol. The van der Waals surface area contributed by atoms with Gasteiger partial charge in [0.1, 0.15) is 0 Å². The smallest absolute Gasteiger partial charge is 0.348 e. The van der Waals surface area contributed by atoms with Gasteiger partial charge >= 0.3 is 5.97 Å². The van der Waals surface area contributed by atoms with Crippen molar-refractivity contribution < 1.29 is 19.4 Å². The highest BCUT2D eigenvalue weighted by atomic mass is 35.5. The quantitative estimate of drug-likeness (QED) is 0.586. The number of benzene rings is 3. The molecule has 0 saturated heterocycles. The maximum absolute atomic E-state index is 12.8. The van der Waals surface area contributed by atoms with Crippen LogP contribution in [0.1, 0.15) is 16.7 Å². The molecular weight excluding hydrogens is 390 g/mol. The van der Waals surface area contributed by atoms with Crippen LogP contribution in [0, 0.1) is 0 Å². The fourth-order valence-electron chi connectivity index (χ4n) is 2.85. The van der Waals surface area contributed by atoms with Crippen molar-refractivity contribution in [1.82, 2.24) is 5.32 Å². The summed E-state index contributed by atoms with van der Waals surface area (Å²) in [6, 6.07) is 24.0. The summed E-state index contributed by atoms with van der Waals surface area (Å²) >= 11 is 5.83. The normalized spacial score (nSPS) is 11.0. The number of halogens is 1. The summed E-state index contributed by atoms with van der Waals surface area (Å²) in [6.07, 6.45) is 0. The number of rotatable bonds is 7. The molecule has 1 amide bonds. The molecule has 5 nitrogen and oxygen atoms in total. The number of carbonyl (C=O) groups is 2. The number of esters is 1. The Labute approximate surface area is 173 Å². The third kappa shape index (κ3) is 5.02. The molecule has 0 heterocycles. The van der Waals surface area contributed by atoms with Gasteiger partial charge in [-0.2, -0.15) is 0 Å². The first-order valence-electron chi connectivity index (χ1n) is 9.02. The Hall–Kier alpha value is -3.15. The second kappa shape index (κ2) is 9.37. The number of aliphatic hydroxyl groups is 1. The van der Waals surface area contributed by atoms with E-state index in [0.29, 0.717) is 16.1 Å². The molecule has 3 aromatic carbocycles. The molecule has 29 heavy (non-hydrogen) atoms. The first-order valence-corrected chi connectivity index (χ1v) is 9.39. The molecule has 2 N–H and O–H groups in total. The van der Waals surface area contributed by atoms with Gasteiger partial charge in [0, 0.05) is 11.6 Å². The molecule has 0 radical (unpaired) electrons. The Morgan fingerprint density at radius 3 is 1.90 bits per heavy atom. The first kappa shape index (κ1) is 20.6.